The van der Waals surface area contributed by atoms with Crippen molar-refractivity contribution in [2.75, 3.05) is 5.32 Å². The number of carbonyl (C=O) groups excluding carboxylic acids is 2. The Morgan fingerprint density at radius 1 is 1.16 bits per heavy atom. The molecule has 2 rings (SSSR count). The van der Waals surface area contributed by atoms with E-state index in [9.17, 15) is 19.7 Å². The van der Waals surface area contributed by atoms with E-state index in [1.54, 1.807) is 0 Å². The second kappa shape index (κ2) is 7.96. The number of hydrogen-bond donors (Lipinski definition) is 1. The van der Waals surface area contributed by atoms with Crippen LogP contribution in [0.2, 0.25) is 10.0 Å². The zero-order valence-electron chi connectivity index (χ0n) is 12.9. The number of nitrogens with one attached hydrogen (secondary N) is 1. The molecule has 2 aromatic carbocycles. The highest BCUT2D eigenvalue weighted by atomic mass is 35.5. The van der Waals surface area contributed by atoms with Crippen molar-refractivity contribution in [1.29, 1.82) is 0 Å². The minimum Gasteiger partial charge on any atom is -0.449 e. The molecular formula is C16H12Cl2N2O5. The largest absolute Gasteiger partial charge is 0.449 e. The highest BCUT2D eigenvalue weighted by molar-refractivity contribution is 6.42. The van der Waals surface area contributed by atoms with Gasteiger partial charge in [0.1, 0.15) is 5.69 Å². The second-order valence-electron chi connectivity index (χ2n) is 4.94. The fourth-order valence-corrected chi connectivity index (χ4v) is 2.18. The summed E-state index contributed by atoms with van der Waals surface area (Å²) in [5, 5.41) is 13.8. The lowest BCUT2D eigenvalue weighted by Crippen LogP contribution is -2.30. The Balaban J connectivity index is 2.06. The zero-order valence-corrected chi connectivity index (χ0v) is 14.4. The molecule has 1 amide bonds. The van der Waals surface area contributed by atoms with Crippen LogP contribution in [0.3, 0.4) is 0 Å². The number of hydrogen-bond acceptors (Lipinski definition) is 5. The molecule has 1 N–H and O–H groups in total. The summed E-state index contributed by atoms with van der Waals surface area (Å²) in [4.78, 5) is 34.5. The zero-order chi connectivity index (χ0) is 18.6. The van der Waals surface area contributed by atoms with Crippen LogP contribution >= 0.6 is 23.2 Å². The van der Waals surface area contributed by atoms with Crippen molar-refractivity contribution < 1.29 is 19.2 Å². The summed E-state index contributed by atoms with van der Waals surface area (Å²) in [6, 6.07) is 9.79. The Hall–Kier alpha value is -2.64. The Labute approximate surface area is 152 Å². The third-order valence-electron chi connectivity index (χ3n) is 3.17. The van der Waals surface area contributed by atoms with E-state index in [1.807, 2.05) is 0 Å². The molecule has 0 aliphatic carbocycles. The fourth-order valence-electron chi connectivity index (χ4n) is 1.88. The standard InChI is InChI=1S/C16H12Cl2N2O5/c1-9(25-16(22)10-6-7-11(17)12(18)8-10)15(21)19-13-4-2-3-5-14(13)20(23)24/h2-9H,1H3,(H,19,21)/t9-/m1/s1. The molecule has 0 heterocycles. The average Bonchev–Trinajstić information content (AvgIpc) is 2.57. The van der Waals surface area contributed by atoms with Crippen LogP contribution in [-0.2, 0) is 9.53 Å². The van der Waals surface area contributed by atoms with Crippen LogP contribution in [0.4, 0.5) is 11.4 Å². The molecule has 9 heteroatoms. The topological polar surface area (TPSA) is 98.5 Å². The molecule has 0 bridgehead atoms. The predicted molar refractivity (Wildman–Crippen MR) is 93.1 cm³/mol. The van der Waals surface area contributed by atoms with Gasteiger partial charge in [-0.15, -0.1) is 0 Å². The summed E-state index contributed by atoms with van der Waals surface area (Å²) in [5.74, 6) is -1.48. The first kappa shape index (κ1) is 18.7. The van der Waals surface area contributed by atoms with Crippen molar-refractivity contribution in [2.45, 2.75) is 13.0 Å². The summed E-state index contributed by atoms with van der Waals surface area (Å²) >= 11 is 11.6. The van der Waals surface area contributed by atoms with Crippen molar-refractivity contribution in [1.82, 2.24) is 0 Å². The van der Waals surface area contributed by atoms with E-state index >= 15 is 0 Å². The van der Waals surface area contributed by atoms with Gasteiger partial charge in [-0.1, -0.05) is 35.3 Å². The quantitative estimate of drug-likeness (QED) is 0.477. The number of rotatable bonds is 5. The molecule has 2 aromatic rings. The second-order valence-corrected chi connectivity index (χ2v) is 5.75. The lowest BCUT2D eigenvalue weighted by Gasteiger charge is -2.14. The van der Waals surface area contributed by atoms with E-state index in [-0.39, 0.29) is 27.0 Å². The number of amides is 1. The van der Waals surface area contributed by atoms with Gasteiger partial charge in [0.05, 0.1) is 20.5 Å². The van der Waals surface area contributed by atoms with Crippen molar-refractivity contribution in [3.05, 3.63) is 68.2 Å². The van der Waals surface area contributed by atoms with Gasteiger partial charge < -0.3 is 10.1 Å². The van der Waals surface area contributed by atoms with Crippen molar-refractivity contribution in [2.24, 2.45) is 0 Å². The molecule has 0 spiro atoms. The van der Waals surface area contributed by atoms with Gasteiger partial charge in [0.25, 0.3) is 11.6 Å². The Kier molecular flexibility index (Phi) is 5.95. The molecule has 1 atom stereocenters. The number of nitro benzene ring substituents is 1. The van der Waals surface area contributed by atoms with Gasteiger partial charge in [-0.2, -0.15) is 0 Å². The van der Waals surface area contributed by atoms with Crippen LogP contribution < -0.4 is 5.32 Å². The average molecular weight is 383 g/mol. The number of carbonyl (C=O) groups is 2. The molecule has 0 aliphatic heterocycles. The van der Waals surface area contributed by atoms with Crippen LogP contribution in [-0.4, -0.2) is 22.9 Å². The third kappa shape index (κ3) is 4.68. The first-order chi connectivity index (χ1) is 11.8. The lowest BCUT2D eigenvalue weighted by atomic mass is 10.2. The minimum absolute atomic E-state index is 0.00920. The van der Waals surface area contributed by atoms with Gasteiger partial charge >= 0.3 is 5.97 Å². The summed E-state index contributed by atoms with van der Waals surface area (Å²) < 4.78 is 5.04. The molecule has 0 saturated carbocycles. The van der Waals surface area contributed by atoms with Crippen LogP contribution in [0, 0.1) is 10.1 Å². The lowest BCUT2D eigenvalue weighted by molar-refractivity contribution is -0.383. The van der Waals surface area contributed by atoms with Crippen LogP contribution in [0.15, 0.2) is 42.5 Å². The number of nitro groups is 1. The molecule has 0 radical (unpaired) electrons. The van der Waals surface area contributed by atoms with Gasteiger partial charge in [0.15, 0.2) is 6.10 Å². The maximum atomic E-state index is 12.1. The third-order valence-corrected chi connectivity index (χ3v) is 3.91. The molecule has 25 heavy (non-hydrogen) atoms. The van der Waals surface area contributed by atoms with E-state index in [2.05, 4.69) is 5.32 Å². The Morgan fingerprint density at radius 3 is 2.48 bits per heavy atom. The molecule has 7 nitrogen and oxygen atoms in total. The van der Waals surface area contributed by atoms with E-state index in [0.717, 1.165) is 0 Å². The van der Waals surface area contributed by atoms with Gasteiger partial charge in [0, 0.05) is 6.07 Å². The van der Waals surface area contributed by atoms with Crippen molar-refractivity contribution in [3.8, 4) is 0 Å². The van der Waals surface area contributed by atoms with E-state index in [1.165, 1.54) is 49.4 Å². The molecule has 0 unspecified atom stereocenters. The minimum atomic E-state index is -1.18. The number of halogens is 2. The molecule has 0 aliphatic rings. The Morgan fingerprint density at radius 2 is 1.84 bits per heavy atom. The summed E-state index contributed by atoms with van der Waals surface area (Å²) in [6.45, 7) is 1.35. The highest BCUT2D eigenvalue weighted by Crippen LogP contribution is 2.24. The van der Waals surface area contributed by atoms with Crippen molar-refractivity contribution >= 4 is 46.5 Å². The Bertz CT molecular complexity index is 841. The molecule has 0 saturated heterocycles. The van der Waals surface area contributed by atoms with E-state index in [0.29, 0.717) is 0 Å². The monoisotopic (exact) mass is 382 g/mol. The van der Waals surface area contributed by atoms with Crippen LogP contribution in [0.5, 0.6) is 0 Å². The summed E-state index contributed by atoms with van der Waals surface area (Å²) in [7, 11) is 0. The maximum Gasteiger partial charge on any atom is 0.338 e. The van der Waals surface area contributed by atoms with Crippen molar-refractivity contribution in [3.63, 3.8) is 0 Å². The number of anilines is 1. The number of benzene rings is 2. The van der Waals surface area contributed by atoms with Crippen LogP contribution in [0.25, 0.3) is 0 Å². The molecule has 0 fully saturated rings. The van der Waals surface area contributed by atoms with Gasteiger partial charge in [-0.25, -0.2) is 4.79 Å². The smallest absolute Gasteiger partial charge is 0.338 e. The number of ether oxygens (including phenoxy) is 1. The fraction of sp³-hybridized carbons (Fsp3) is 0.125. The molecule has 0 aromatic heterocycles. The summed E-state index contributed by atoms with van der Waals surface area (Å²) in [5.41, 5.74) is -0.131. The SMILES string of the molecule is C[C@@H](OC(=O)c1ccc(Cl)c(Cl)c1)C(=O)Nc1ccccc1[N+](=O)[O-]. The van der Waals surface area contributed by atoms with E-state index < -0.39 is 22.9 Å². The van der Waals surface area contributed by atoms with Gasteiger partial charge in [-0.05, 0) is 31.2 Å². The first-order valence-electron chi connectivity index (χ1n) is 7.00. The van der Waals surface area contributed by atoms with Gasteiger partial charge in [0.2, 0.25) is 0 Å². The molecular weight excluding hydrogens is 371 g/mol. The summed E-state index contributed by atoms with van der Waals surface area (Å²) in [6.07, 6.45) is -1.18. The van der Waals surface area contributed by atoms with Gasteiger partial charge in [-0.3, -0.25) is 14.9 Å². The predicted octanol–water partition coefficient (Wildman–Crippen LogP) is 4.09. The van der Waals surface area contributed by atoms with Crippen LogP contribution in [0.1, 0.15) is 17.3 Å². The maximum absolute atomic E-state index is 12.1. The normalized spacial score (nSPS) is 11.5. The number of para-hydroxylation sites is 2. The molecule has 130 valence electrons. The van der Waals surface area contributed by atoms with E-state index in [4.69, 9.17) is 27.9 Å². The number of esters is 1. The highest BCUT2D eigenvalue weighted by Gasteiger charge is 2.22. The first-order valence-corrected chi connectivity index (χ1v) is 7.75. The number of nitrogens with zero attached hydrogens (tertiary/aromatic N) is 1.